The Labute approximate surface area is 105 Å². The highest BCUT2D eigenvalue weighted by Crippen LogP contribution is 2.19. The Morgan fingerprint density at radius 1 is 1.00 bits per heavy atom. The minimum absolute atomic E-state index is 0.295. The van der Waals surface area contributed by atoms with E-state index in [1.807, 2.05) is 0 Å². The first kappa shape index (κ1) is 12.9. The van der Waals surface area contributed by atoms with Gasteiger partial charge in [-0.25, -0.2) is 0 Å². The van der Waals surface area contributed by atoms with Crippen LogP contribution in [-0.4, -0.2) is 25.0 Å². The second-order valence-corrected chi connectivity index (χ2v) is 5.65. The predicted octanol–water partition coefficient (Wildman–Crippen LogP) is 2.22. The Hall–Kier alpha value is -0.570. The van der Waals surface area contributed by atoms with Gasteiger partial charge in [0.05, 0.1) is 0 Å². The van der Waals surface area contributed by atoms with E-state index in [-0.39, 0.29) is 0 Å². The molecule has 3 heteroatoms. The summed E-state index contributed by atoms with van der Waals surface area (Å²) in [5.41, 5.74) is 0. The summed E-state index contributed by atoms with van der Waals surface area (Å²) in [7, 11) is 0. The normalized spacial score (nSPS) is 24.2. The third kappa shape index (κ3) is 4.66. The minimum atomic E-state index is 0.295. The molecule has 1 saturated carbocycles. The molecule has 2 fully saturated rings. The number of hydrogen-bond donors (Lipinski definition) is 2. The Morgan fingerprint density at radius 2 is 1.65 bits per heavy atom. The molecule has 98 valence electrons. The molecule has 0 spiro atoms. The summed E-state index contributed by atoms with van der Waals surface area (Å²) in [5.74, 6) is 0.908. The molecule has 0 aromatic rings. The zero-order valence-corrected chi connectivity index (χ0v) is 10.8. The van der Waals surface area contributed by atoms with Gasteiger partial charge in [-0.2, -0.15) is 0 Å². The van der Waals surface area contributed by atoms with E-state index in [9.17, 15) is 4.79 Å². The minimum Gasteiger partial charge on any atom is -0.353 e. The van der Waals surface area contributed by atoms with Crippen LogP contribution in [0.25, 0.3) is 0 Å². The van der Waals surface area contributed by atoms with Crippen molar-refractivity contribution in [3.8, 4) is 0 Å². The van der Waals surface area contributed by atoms with E-state index in [0.717, 1.165) is 32.4 Å². The molecule has 2 aliphatic rings. The summed E-state index contributed by atoms with van der Waals surface area (Å²) < 4.78 is 0. The van der Waals surface area contributed by atoms with Crippen LogP contribution in [0.4, 0.5) is 0 Å². The maximum Gasteiger partial charge on any atom is 0.220 e. The van der Waals surface area contributed by atoms with Crippen molar-refractivity contribution < 1.29 is 4.79 Å². The summed E-state index contributed by atoms with van der Waals surface area (Å²) in [6, 6.07) is 0.465. The molecule has 1 heterocycles. The Morgan fingerprint density at radius 3 is 2.29 bits per heavy atom. The molecule has 2 N–H and O–H groups in total. The summed E-state index contributed by atoms with van der Waals surface area (Å²) >= 11 is 0. The molecular weight excluding hydrogens is 212 g/mol. The zero-order chi connectivity index (χ0) is 11.9. The number of hydrogen-bond acceptors (Lipinski definition) is 2. The highest BCUT2D eigenvalue weighted by molar-refractivity contribution is 5.76. The smallest absolute Gasteiger partial charge is 0.220 e. The van der Waals surface area contributed by atoms with E-state index in [4.69, 9.17) is 0 Å². The molecule has 0 bridgehead atoms. The molecule has 1 saturated heterocycles. The summed E-state index contributed by atoms with van der Waals surface area (Å²) in [6.45, 7) is 2.17. The lowest BCUT2D eigenvalue weighted by molar-refractivity contribution is -0.123. The SMILES string of the molecule is O=C(CC1CCNCC1)NC1CCCCCC1. The fourth-order valence-electron chi connectivity index (χ4n) is 3.06. The van der Waals surface area contributed by atoms with Gasteiger partial charge in [0.25, 0.3) is 0 Å². The monoisotopic (exact) mass is 238 g/mol. The largest absolute Gasteiger partial charge is 0.353 e. The molecule has 0 radical (unpaired) electrons. The van der Waals surface area contributed by atoms with E-state index in [2.05, 4.69) is 10.6 Å². The van der Waals surface area contributed by atoms with Crippen LogP contribution in [-0.2, 0) is 4.79 Å². The summed E-state index contributed by atoms with van der Waals surface area (Å²) in [4.78, 5) is 12.0. The topological polar surface area (TPSA) is 41.1 Å². The second kappa shape index (κ2) is 7.00. The molecule has 17 heavy (non-hydrogen) atoms. The first-order valence-corrected chi connectivity index (χ1v) is 7.34. The van der Waals surface area contributed by atoms with Crippen molar-refractivity contribution in [1.29, 1.82) is 0 Å². The van der Waals surface area contributed by atoms with Crippen LogP contribution in [0, 0.1) is 5.92 Å². The average molecular weight is 238 g/mol. The number of nitrogens with one attached hydrogen (secondary N) is 2. The van der Waals surface area contributed by atoms with Crippen LogP contribution >= 0.6 is 0 Å². The van der Waals surface area contributed by atoms with Crippen LogP contribution in [0.5, 0.6) is 0 Å². The lowest BCUT2D eigenvalue weighted by atomic mass is 9.94. The third-order valence-electron chi connectivity index (χ3n) is 4.15. The number of piperidine rings is 1. The molecule has 0 unspecified atom stereocenters. The van der Waals surface area contributed by atoms with Crippen molar-refractivity contribution >= 4 is 5.91 Å². The number of carbonyl (C=O) groups excluding carboxylic acids is 1. The Balaban J connectivity index is 1.68. The highest BCUT2D eigenvalue weighted by Gasteiger charge is 2.19. The molecule has 0 aromatic heterocycles. The van der Waals surface area contributed by atoms with Crippen LogP contribution in [0.2, 0.25) is 0 Å². The van der Waals surface area contributed by atoms with Crippen molar-refractivity contribution in [2.45, 2.75) is 63.8 Å². The van der Waals surface area contributed by atoms with Gasteiger partial charge in [0.1, 0.15) is 0 Å². The standard InChI is InChI=1S/C14H26N2O/c17-14(11-12-7-9-15-10-8-12)16-13-5-3-1-2-4-6-13/h12-13,15H,1-11H2,(H,16,17). The van der Waals surface area contributed by atoms with Crippen molar-refractivity contribution in [3.05, 3.63) is 0 Å². The molecule has 3 nitrogen and oxygen atoms in total. The van der Waals surface area contributed by atoms with Gasteiger partial charge in [-0.15, -0.1) is 0 Å². The van der Waals surface area contributed by atoms with Crippen LogP contribution in [0.1, 0.15) is 57.8 Å². The Kier molecular flexibility index (Phi) is 5.30. The highest BCUT2D eigenvalue weighted by atomic mass is 16.1. The number of carbonyl (C=O) groups is 1. The third-order valence-corrected chi connectivity index (χ3v) is 4.15. The Bertz CT molecular complexity index is 228. The van der Waals surface area contributed by atoms with Crippen molar-refractivity contribution in [2.24, 2.45) is 5.92 Å². The maximum absolute atomic E-state index is 12.0. The molecule has 1 aliphatic heterocycles. The maximum atomic E-state index is 12.0. The molecule has 1 amide bonds. The molecule has 0 aromatic carbocycles. The van der Waals surface area contributed by atoms with E-state index in [1.54, 1.807) is 0 Å². The van der Waals surface area contributed by atoms with Gasteiger partial charge in [0.2, 0.25) is 5.91 Å². The summed E-state index contributed by atoms with van der Waals surface area (Å²) in [5, 5.41) is 6.59. The molecule has 0 atom stereocenters. The van der Waals surface area contributed by atoms with Crippen LogP contribution in [0.3, 0.4) is 0 Å². The first-order chi connectivity index (χ1) is 8.34. The second-order valence-electron chi connectivity index (χ2n) is 5.65. The molecular formula is C14H26N2O. The van der Waals surface area contributed by atoms with E-state index < -0.39 is 0 Å². The fraction of sp³-hybridized carbons (Fsp3) is 0.929. The van der Waals surface area contributed by atoms with E-state index >= 15 is 0 Å². The van der Waals surface area contributed by atoms with Gasteiger partial charge in [-0.05, 0) is 44.7 Å². The van der Waals surface area contributed by atoms with Gasteiger partial charge >= 0.3 is 0 Å². The summed E-state index contributed by atoms with van der Waals surface area (Å²) in [6.07, 6.45) is 10.7. The lowest BCUT2D eigenvalue weighted by Gasteiger charge is -2.23. The average Bonchev–Trinajstić information content (AvgIpc) is 2.59. The van der Waals surface area contributed by atoms with Crippen LogP contribution < -0.4 is 10.6 Å². The van der Waals surface area contributed by atoms with Gasteiger partial charge < -0.3 is 10.6 Å². The van der Waals surface area contributed by atoms with E-state index in [1.165, 1.54) is 38.5 Å². The van der Waals surface area contributed by atoms with Crippen molar-refractivity contribution in [3.63, 3.8) is 0 Å². The van der Waals surface area contributed by atoms with Gasteiger partial charge in [-0.3, -0.25) is 4.79 Å². The lowest BCUT2D eigenvalue weighted by Crippen LogP contribution is -2.37. The fourth-order valence-corrected chi connectivity index (χ4v) is 3.06. The van der Waals surface area contributed by atoms with Crippen LogP contribution in [0.15, 0.2) is 0 Å². The van der Waals surface area contributed by atoms with Gasteiger partial charge in [0, 0.05) is 12.5 Å². The molecule has 1 aliphatic carbocycles. The van der Waals surface area contributed by atoms with Gasteiger partial charge in [0.15, 0.2) is 0 Å². The van der Waals surface area contributed by atoms with Gasteiger partial charge in [-0.1, -0.05) is 25.7 Å². The zero-order valence-electron chi connectivity index (χ0n) is 10.8. The number of rotatable bonds is 3. The quantitative estimate of drug-likeness (QED) is 0.740. The van der Waals surface area contributed by atoms with Crippen molar-refractivity contribution in [2.75, 3.05) is 13.1 Å². The number of amides is 1. The first-order valence-electron chi connectivity index (χ1n) is 7.34. The predicted molar refractivity (Wildman–Crippen MR) is 69.8 cm³/mol. The van der Waals surface area contributed by atoms with E-state index in [0.29, 0.717) is 17.9 Å². The van der Waals surface area contributed by atoms with Crippen molar-refractivity contribution in [1.82, 2.24) is 10.6 Å². The molecule has 2 rings (SSSR count).